The fourth-order valence-corrected chi connectivity index (χ4v) is 0. The zero-order valence-corrected chi connectivity index (χ0v) is 44.5. The summed E-state index contributed by atoms with van der Waals surface area (Å²) in [4.78, 5) is 0. The molecule has 0 saturated heterocycles. The molecule has 324 valence electrons. The van der Waals surface area contributed by atoms with E-state index in [1.807, 2.05) is 111 Å². The Hall–Kier alpha value is 0. The fraction of sp³-hybridized carbons (Fsp3) is 1.00. The Morgan fingerprint density at radius 2 is 0.146 bits per heavy atom. The van der Waals surface area contributed by atoms with Crippen molar-refractivity contribution in [3.8, 4) is 0 Å². The maximum absolute atomic E-state index is 2.18. The summed E-state index contributed by atoms with van der Waals surface area (Å²) >= 11 is 0. The highest BCUT2D eigenvalue weighted by Crippen LogP contribution is 1.77. The van der Waals surface area contributed by atoms with Gasteiger partial charge in [-0.25, -0.2) is 0 Å². The van der Waals surface area contributed by atoms with Gasteiger partial charge in [-0.05, 0) is 0 Å². The van der Waals surface area contributed by atoms with Gasteiger partial charge in [0.2, 0.25) is 0 Å². The first-order chi connectivity index (χ1) is 23.1. The minimum Gasteiger partial charge on any atom is -0.0683 e. The van der Waals surface area contributed by atoms with Crippen molar-refractivity contribution in [2.24, 2.45) is 0 Å². The summed E-state index contributed by atoms with van der Waals surface area (Å²) in [6.07, 6.45) is 15.3. The van der Waals surface area contributed by atoms with E-state index in [4.69, 9.17) is 0 Å². The van der Waals surface area contributed by atoms with Crippen molar-refractivity contribution in [3.05, 3.63) is 0 Å². The second kappa shape index (κ2) is 691. The van der Waals surface area contributed by atoms with Gasteiger partial charge in [0.05, 0.1) is 0 Å². The van der Waals surface area contributed by atoms with Crippen LogP contribution < -0.4 is 0 Å². The van der Waals surface area contributed by atoms with Gasteiger partial charge < -0.3 is 0 Å². The first-order valence-electron chi connectivity index (χ1n) is 23.1. The summed E-state index contributed by atoms with van der Waals surface area (Å²) in [5.74, 6) is 0. The Balaban J connectivity index is -0.0000000125. The predicted octanol–water partition coefficient (Wildman–Crippen LogP) is 23.2. The molecule has 0 aliphatic rings. The molecule has 0 amide bonds. The van der Waals surface area contributed by atoms with Gasteiger partial charge in [0.25, 0.3) is 0 Å². The largest absolute Gasteiger partial charge is 0.0683 e. The third-order valence-electron chi connectivity index (χ3n) is 1.000. The number of rotatable bonds is 2. The summed E-state index contributed by atoms with van der Waals surface area (Å²) in [7, 11) is 0. The van der Waals surface area contributed by atoms with Crippen LogP contribution in [0.25, 0.3) is 0 Å². The molecule has 0 N–H and O–H groups in total. The number of hydrogen-bond acceptors (Lipinski definition) is 0. The minimum absolute atomic E-state index is 1.25. The van der Waals surface area contributed by atoms with E-state index in [-0.39, 0.29) is 0 Å². The van der Waals surface area contributed by atoms with Gasteiger partial charge in [0.15, 0.2) is 0 Å². The average molecular weight is 710 g/mol. The Morgan fingerprint density at radius 3 is 0.146 bits per heavy atom. The first-order valence-corrected chi connectivity index (χ1v) is 23.1. The molecule has 0 bridgehead atoms. The standard InChI is InChI=1S/2C4H10.8C3H8.8C2H6/c2*1-3-4-2;8*1-3-2;8*1-2/h2*3-4H2,1-2H3;8*3H2,1-2H3;8*1-2H3. The third kappa shape index (κ3) is 23300. The van der Waals surface area contributed by atoms with E-state index in [1.165, 1.54) is 77.0 Å². The van der Waals surface area contributed by atoms with E-state index in [0.717, 1.165) is 0 Å². The van der Waals surface area contributed by atoms with Gasteiger partial charge in [-0.1, -0.05) is 326 Å². The molecule has 0 saturated carbocycles. The highest BCUT2D eigenvalue weighted by molar-refractivity contribution is 4.13. The van der Waals surface area contributed by atoms with Crippen molar-refractivity contribution in [1.29, 1.82) is 0 Å². The summed E-state index contributed by atoms with van der Waals surface area (Å²) in [5.41, 5.74) is 0. The molecule has 0 nitrogen and oxygen atoms in total. The maximum Gasteiger partial charge on any atom is -0.0564 e. The minimum atomic E-state index is 1.25. The van der Waals surface area contributed by atoms with Gasteiger partial charge in [-0.15, -0.1) is 0 Å². The van der Waals surface area contributed by atoms with E-state index in [0.29, 0.717) is 0 Å². The molecule has 0 atom stereocenters. The molecule has 0 heteroatoms. The van der Waals surface area contributed by atoms with Crippen LogP contribution in [0.4, 0.5) is 0 Å². The fourth-order valence-electron chi connectivity index (χ4n) is 0. The Labute approximate surface area is 325 Å². The summed E-state index contributed by atoms with van der Waals surface area (Å²) in [6.45, 7) is 74.7. The monoisotopic (exact) mass is 709 g/mol. The molecule has 0 fully saturated rings. The molecule has 0 aromatic rings. The normalized spacial score (nSPS) is 5.25. The van der Waals surface area contributed by atoms with Crippen molar-refractivity contribution in [1.82, 2.24) is 0 Å². The zero-order chi connectivity index (χ0) is 44.5. The Bertz CT molecular complexity index is 54.0. The first kappa shape index (κ1) is 118. The van der Waals surface area contributed by atoms with Crippen molar-refractivity contribution >= 4 is 0 Å². The maximum atomic E-state index is 2.18. The van der Waals surface area contributed by atoms with Crippen molar-refractivity contribution < 1.29 is 0 Å². The molecule has 0 rings (SSSR count). The van der Waals surface area contributed by atoms with Crippen LogP contribution in [0, 0.1) is 0 Å². The molecule has 48 heavy (non-hydrogen) atoms. The van der Waals surface area contributed by atoms with Gasteiger partial charge in [0, 0.05) is 0 Å². The highest BCUT2D eigenvalue weighted by Gasteiger charge is 1.57. The van der Waals surface area contributed by atoms with Crippen LogP contribution in [-0.2, 0) is 0 Å². The lowest BCUT2D eigenvalue weighted by molar-refractivity contribution is 0.886. The predicted molar refractivity (Wildman–Crippen MR) is 260 cm³/mol. The molecule has 0 heterocycles. The quantitative estimate of drug-likeness (QED) is 0.268. The van der Waals surface area contributed by atoms with Gasteiger partial charge in [-0.2, -0.15) is 0 Å². The van der Waals surface area contributed by atoms with Crippen molar-refractivity contribution in [3.63, 3.8) is 0 Å². The van der Waals surface area contributed by atoms with Crippen LogP contribution in [0.5, 0.6) is 0 Å². The lowest BCUT2D eigenvalue weighted by Gasteiger charge is -1.68. The topological polar surface area (TPSA) is 0 Å². The third-order valence-corrected chi connectivity index (χ3v) is 1.000. The van der Waals surface area contributed by atoms with E-state index in [9.17, 15) is 0 Å². The molecule has 0 aromatic heterocycles. The lowest BCUT2D eigenvalue weighted by Crippen LogP contribution is -1.47. The summed E-state index contributed by atoms with van der Waals surface area (Å²) in [5, 5.41) is 0. The second-order valence-electron chi connectivity index (χ2n) is 7.66. The van der Waals surface area contributed by atoms with Crippen LogP contribution >= 0.6 is 0 Å². The van der Waals surface area contributed by atoms with E-state index in [2.05, 4.69) is 138 Å². The lowest BCUT2D eigenvalue weighted by atomic mass is 10.4. The Morgan fingerprint density at radius 1 is 0.125 bits per heavy atom. The van der Waals surface area contributed by atoms with Crippen molar-refractivity contribution in [2.45, 2.75) is 326 Å². The molecular weight excluding hydrogens is 577 g/mol. The number of unbranched alkanes of at least 4 members (excludes halogenated alkanes) is 2. The van der Waals surface area contributed by atoms with Crippen LogP contribution in [-0.4, -0.2) is 0 Å². The molecule has 0 aliphatic heterocycles. The van der Waals surface area contributed by atoms with Crippen molar-refractivity contribution in [2.75, 3.05) is 0 Å². The highest BCUT2D eigenvalue weighted by atomic mass is 13.6. The summed E-state index contributed by atoms with van der Waals surface area (Å²) < 4.78 is 0. The van der Waals surface area contributed by atoms with E-state index < -0.39 is 0 Å². The van der Waals surface area contributed by atoms with Gasteiger partial charge >= 0.3 is 0 Å². The SMILES string of the molecule is CC.CC.CC.CC.CC.CC.CC.CC.CCC.CCC.CCC.CCC.CCC.CCC.CCC.CCC.CCCC.CCCC. The molecule has 0 unspecified atom stereocenters. The smallest absolute Gasteiger partial charge is 0.0564 e. The molecular formula is C48H132. The summed E-state index contributed by atoms with van der Waals surface area (Å²) in [6, 6.07) is 0. The van der Waals surface area contributed by atoms with Gasteiger partial charge in [0.1, 0.15) is 0 Å². The van der Waals surface area contributed by atoms with Crippen LogP contribution in [0.3, 0.4) is 0 Å². The van der Waals surface area contributed by atoms with Crippen LogP contribution in [0.1, 0.15) is 326 Å². The zero-order valence-electron chi connectivity index (χ0n) is 44.5. The molecule has 0 radical (unpaired) electrons. The van der Waals surface area contributed by atoms with Gasteiger partial charge in [-0.3, -0.25) is 0 Å². The van der Waals surface area contributed by atoms with E-state index in [1.54, 1.807) is 0 Å². The number of hydrogen-bond donors (Lipinski definition) is 0. The molecule has 0 aromatic carbocycles. The molecule has 0 aliphatic carbocycles. The van der Waals surface area contributed by atoms with E-state index >= 15 is 0 Å². The van der Waals surface area contributed by atoms with Crippen LogP contribution in [0.15, 0.2) is 0 Å². The van der Waals surface area contributed by atoms with Crippen LogP contribution in [0.2, 0.25) is 0 Å². The average Bonchev–Trinajstić information content (AvgIpc) is 3.14. The molecule has 0 spiro atoms. The second-order valence-corrected chi connectivity index (χ2v) is 7.66. The Kier molecular flexibility index (Phi) is 1700.